The summed E-state index contributed by atoms with van der Waals surface area (Å²) in [6, 6.07) is 4.62. The zero-order chi connectivity index (χ0) is 14.6. The zero-order valence-electron chi connectivity index (χ0n) is 12.4. The molecule has 0 aliphatic heterocycles. The van der Waals surface area contributed by atoms with Crippen molar-refractivity contribution in [3.05, 3.63) is 29.6 Å². The summed E-state index contributed by atoms with van der Waals surface area (Å²) in [5.41, 5.74) is 0.582. The zero-order valence-corrected chi connectivity index (χ0v) is 12.4. The minimum absolute atomic E-state index is 0.0400. The van der Waals surface area contributed by atoms with Crippen LogP contribution in [-0.2, 0) is 0 Å². The van der Waals surface area contributed by atoms with Gasteiger partial charge in [0.15, 0.2) is 0 Å². The van der Waals surface area contributed by atoms with Crippen molar-refractivity contribution in [1.29, 1.82) is 0 Å². The van der Waals surface area contributed by atoms with Gasteiger partial charge in [0.1, 0.15) is 11.6 Å². The smallest absolute Gasteiger partial charge is 0.131 e. The molecule has 0 saturated carbocycles. The highest BCUT2D eigenvalue weighted by Gasteiger charge is 2.18. The van der Waals surface area contributed by atoms with E-state index >= 15 is 0 Å². The first-order valence-corrected chi connectivity index (χ1v) is 6.71. The van der Waals surface area contributed by atoms with Gasteiger partial charge in [-0.2, -0.15) is 0 Å². The Morgan fingerprint density at radius 3 is 2.37 bits per heavy atom. The fourth-order valence-corrected chi connectivity index (χ4v) is 2.29. The number of likely N-dealkylation sites (N-methyl/N-ethyl adjacent to an activating group) is 1. The largest absolute Gasteiger partial charge is 0.508 e. The Balaban J connectivity index is 2.66. The molecule has 19 heavy (non-hydrogen) atoms. The van der Waals surface area contributed by atoms with Crippen molar-refractivity contribution < 1.29 is 9.50 Å². The molecular formula is C15H25FN2O. The first-order valence-electron chi connectivity index (χ1n) is 6.71. The van der Waals surface area contributed by atoms with Crippen LogP contribution in [0.2, 0.25) is 0 Å². The third kappa shape index (κ3) is 4.48. The molecule has 0 spiro atoms. The Kier molecular flexibility index (Phi) is 5.76. The summed E-state index contributed by atoms with van der Waals surface area (Å²) in [5.74, 6) is 0.118. The SMILES string of the molecule is CC(NCC(C(C)C)N(C)C)c1ccc(O)cc1F. The lowest BCUT2D eigenvalue weighted by Crippen LogP contribution is -2.42. The molecule has 4 heteroatoms. The molecule has 2 N–H and O–H groups in total. The van der Waals surface area contributed by atoms with Gasteiger partial charge in [-0.05, 0) is 33.0 Å². The van der Waals surface area contributed by atoms with Crippen molar-refractivity contribution in [2.24, 2.45) is 5.92 Å². The summed E-state index contributed by atoms with van der Waals surface area (Å²) in [6.07, 6.45) is 0. The van der Waals surface area contributed by atoms with E-state index in [-0.39, 0.29) is 17.6 Å². The number of halogens is 1. The second-order valence-electron chi connectivity index (χ2n) is 5.61. The Hall–Kier alpha value is -1.13. The molecule has 0 aliphatic carbocycles. The molecule has 0 heterocycles. The highest BCUT2D eigenvalue weighted by atomic mass is 19.1. The summed E-state index contributed by atoms with van der Waals surface area (Å²) in [4.78, 5) is 2.18. The van der Waals surface area contributed by atoms with Crippen LogP contribution in [0.15, 0.2) is 18.2 Å². The van der Waals surface area contributed by atoms with Gasteiger partial charge in [-0.15, -0.1) is 0 Å². The molecule has 3 nitrogen and oxygen atoms in total. The number of nitrogens with zero attached hydrogens (tertiary/aromatic N) is 1. The van der Waals surface area contributed by atoms with Gasteiger partial charge in [0.2, 0.25) is 0 Å². The van der Waals surface area contributed by atoms with Crippen molar-refractivity contribution in [3.8, 4) is 5.75 Å². The molecule has 108 valence electrons. The molecular weight excluding hydrogens is 243 g/mol. The number of phenolic OH excluding ortho intramolecular Hbond substituents is 1. The lowest BCUT2D eigenvalue weighted by molar-refractivity contribution is 0.219. The first-order chi connectivity index (χ1) is 8.82. The molecule has 0 fully saturated rings. The fourth-order valence-electron chi connectivity index (χ4n) is 2.29. The molecule has 1 aromatic carbocycles. The third-order valence-electron chi connectivity index (χ3n) is 3.52. The van der Waals surface area contributed by atoms with Crippen molar-refractivity contribution in [2.45, 2.75) is 32.9 Å². The van der Waals surface area contributed by atoms with E-state index in [1.807, 2.05) is 6.92 Å². The molecule has 1 aromatic rings. The standard InChI is InChI=1S/C15H25FN2O/c1-10(2)15(18(4)5)9-17-11(3)13-7-6-12(19)8-14(13)16/h6-8,10-11,15,17,19H,9H2,1-5H3. The van der Waals surface area contributed by atoms with E-state index in [4.69, 9.17) is 0 Å². The van der Waals surface area contributed by atoms with E-state index in [2.05, 4.69) is 38.2 Å². The van der Waals surface area contributed by atoms with Gasteiger partial charge in [0.25, 0.3) is 0 Å². The monoisotopic (exact) mass is 268 g/mol. The Morgan fingerprint density at radius 2 is 1.89 bits per heavy atom. The maximum Gasteiger partial charge on any atom is 0.131 e. The second-order valence-corrected chi connectivity index (χ2v) is 5.61. The van der Waals surface area contributed by atoms with Crippen LogP contribution in [0.5, 0.6) is 5.75 Å². The van der Waals surface area contributed by atoms with Crippen LogP contribution in [0.25, 0.3) is 0 Å². The molecule has 0 bridgehead atoms. The van der Waals surface area contributed by atoms with E-state index in [1.54, 1.807) is 6.07 Å². The van der Waals surface area contributed by atoms with Gasteiger partial charge in [-0.1, -0.05) is 19.9 Å². The number of nitrogens with one attached hydrogen (secondary N) is 1. The number of hydrogen-bond acceptors (Lipinski definition) is 3. The highest BCUT2D eigenvalue weighted by molar-refractivity contribution is 5.29. The molecule has 0 aliphatic rings. The molecule has 2 atom stereocenters. The van der Waals surface area contributed by atoms with Crippen LogP contribution in [0.4, 0.5) is 4.39 Å². The summed E-state index contributed by atoms with van der Waals surface area (Å²) in [6.45, 7) is 7.09. The van der Waals surface area contributed by atoms with Crippen LogP contribution in [0, 0.1) is 11.7 Å². The summed E-state index contributed by atoms with van der Waals surface area (Å²) >= 11 is 0. The average Bonchev–Trinajstić information content (AvgIpc) is 2.27. The Labute approximate surface area is 115 Å². The van der Waals surface area contributed by atoms with Crippen LogP contribution in [0.3, 0.4) is 0 Å². The quantitative estimate of drug-likeness (QED) is 0.833. The maximum atomic E-state index is 13.7. The Bertz CT molecular complexity index is 399. The lowest BCUT2D eigenvalue weighted by atomic mass is 10.0. The van der Waals surface area contributed by atoms with Crippen LogP contribution < -0.4 is 5.32 Å². The van der Waals surface area contributed by atoms with Gasteiger partial charge in [-0.25, -0.2) is 4.39 Å². The van der Waals surface area contributed by atoms with E-state index in [1.165, 1.54) is 6.07 Å². The number of rotatable bonds is 6. The predicted octanol–water partition coefficient (Wildman–Crippen LogP) is 2.77. The molecule has 1 rings (SSSR count). The summed E-state index contributed by atoms with van der Waals surface area (Å²) < 4.78 is 13.7. The molecule has 0 saturated heterocycles. The number of benzene rings is 1. The van der Waals surface area contributed by atoms with Gasteiger partial charge < -0.3 is 15.3 Å². The predicted molar refractivity (Wildman–Crippen MR) is 76.8 cm³/mol. The highest BCUT2D eigenvalue weighted by Crippen LogP contribution is 2.21. The van der Waals surface area contributed by atoms with Gasteiger partial charge >= 0.3 is 0 Å². The summed E-state index contributed by atoms with van der Waals surface area (Å²) in [7, 11) is 4.11. The van der Waals surface area contributed by atoms with E-state index < -0.39 is 0 Å². The minimum Gasteiger partial charge on any atom is -0.508 e. The van der Waals surface area contributed by atoms with E-state index in [9.17, 15) is 9.50 Å². The summed E-state index contributed by atoms with van der Waals surface area (Å²) in [5, 5.41) is 12.6. The molecule has 2 unspecified atom stereocenters. The topological polar surface area (TPSA) is 35.5 Å². The molecule has 0 aromatic heterocycles. The normalized spacial score (nSPS) is 14.9. The van der Waals surface area contributed by atoms with Crippen LogP contribution in [0.1, 0.15) is 32.4 Å². The maximum absolute atomic E-state index is 13.7. The number of phenols is 1. The lowest BCUT2D eigenvalue weighted by Gasteiger charge is -2.29. The van der Waals surface area contributed by atoms with E-state index in [0.717, 1.165) is 12.6 Å². The van der Waals surface area contributed by atoms with Crippen molar-refractivity contribution in [1.82, 2.24) is 10.2 Å². The average molecular weight is 268 g/mol. The molecule has 0 radical (unpaired) electrons. The van der Waals surface area contributed by atoms with Gasteiger partial charge in [-0.3, -0.25) is 0 Å². The Morgan fingerprint density at radius 1 is 1.26 bits per heavy atom. The van der Waals surface area contributed by atoms with Crippen molar-refractivity contribution in [2.75, 3.05) is 20.6 Å². The number of aromatic hydroxyl groups is 1. The number of hydrogen-bond donors (Lipinski definition) is 2. The second kappa shape index (κ2) is 6.87. The van der Waals surface area contributed by atoms with Gasteiger partial charge in [0.05, 0.1) is 0 Å². The third-order valence-corrected chi connectivity index (χ3v) is 3.52. The first kappa shape index (κ1) is 15.9. The fraction of sp³-hybridized carbons (Fsp3) is 0.600. The van der Waals surface area contributed by atoms with Gasteiger partial charge in [0, 0.05) is 30.3 Å². The minimum atomic E-state index is -0.369. The van der Waals surface area contributed by atoms with Crippen LogP contribution >= 0.6 is 0 Å². The van der Waals surface area contributed by atoms with Crippen LogP contribution in [-0.4, -0.2) is 36.7 Å². The van der Waals surface area contributed by atoms with Crippen molar-refractivity contribution in [3.63, 3.8) is 0 Å². The molecule has 0 amide bonds. The van der Waals surface area contributed by atoms with E-state index in [0.29, 0.717) is 17.5 Å². The van der Waals surface area contributed by atoms with Crippen molar-refractivity contribution >= 4 is 0 Å².